The molecule has 1 aromatic carbocycles. The van der Waals surface area contributed by atoms with Gasteiger partial charge in [-0.1, -0.05) is 13.0 Å². The third kappa shape index (κ3) is 2.23. The second-order valence-corrected chi connectivity index (χ2v) is 3.88. The normalized spacial score (nSPS) is 10.6. The van der Waals surface area contributed by atoms with Crippen molar-refractivity contribution in [3.8, 4) is 5.69 Å². The summed E-state index contributed by atoms with van der Waals surface area (Å²) in [5.41, 5.74) is 7.74. The van der Waals surface area contributed by atoms with Gasteiger partial charge in [0.25, 0.3) is 5.69 Å². The molecule has 0 saturated carbocycles. The Kier molecular flexibility index (Phi) is 3.38. The van der Waals surface area contributed by atoms with E-state index in [1.165, 1.54) is 6.07 Å². The fourth-order valence-corrected chi connectivity index (χ4v) is 1.78. The summed E-state index contributed by atoms with van der Waals surface area (Å²) >= 11 is 0. The number of hydrogen-bond donors (Lipinski definition) is 1. The van der Waals surface area contributed by atoms with E-state index in [0.717, 1.165) is 11.3 Å². The van der Waals surface area contributed by atoms with Gasteiger partial charge >= 0.3 is 0 Å². The molecule has 2 N–H and O–H groups in total. The summed E-state index contributed by atoms with van der Waals surface area (Å²) in [5.74, 6) is 0. The van der Waals surface area contributed by atoms with Crippen molar-refractivity contribution in [1.82, 2.24) is 9.78 Å². The summed E-state index contributed by atoms with van der Waals surface area (Å²) in [7, 11) is 0. The van der Waals surface area contributed by atoms with E-state index in [1.54, 1.807) is 23.0 Å². The van der Waals surface area contributed by atoms with Crippen molar-refractivity contribution in [1.29, 1.82) is 0 Å². The van der Waals surface area contributed by atoms with E-state index in [9.17, 15) is 10.1 Å². The van der Waals surface area contributed by atoms with Crippen molar-refractivity contribution in [2.45, 2.75) is 19.9 Å². The molecule has 0 aliphatic heterocycles. The highest BCUT2D eigenvalue weighted by Crippen LogP contribution is 2.22. The van der Waals surface area contributed by atoms with E-state index in [0.29, 0.717) is 18.7 Å². The first-order valence-corrected chi connectivity index (χ1v) is 5.68. The van der Waals surface area contributed by atoms with Crippen LogP contribution in [0.25, 0.3) is 5.69 Å². The molecule has 0 saturated heterocycles. The number of nitrogens with zero attached hydrogens (tertiary/aromatic N) is 3. The van der Waals surface area contributed by atoms with Crippen LogP contribution in [-0.2, 0) is 13.0 Å². The maximum Gasteiger partial charge on any atom is 0.274 e. The zero-order valence-electron chi connectivity index (χ0n) is 10.0. The molecule has 0 fully saturated rings. The first-order chi connectivity index (χ1) is 8.65. The van der Waals surface area contributed by atoms with E-state index >= 15 is 0 Å². The molecule has 0 atom stereocenters. The average molecular weight is 246 g/mol. The largest absolute Gasteiger partial charge is 0.325 e. The average Bonchev–Trinajstić information content (AvgIpc) is 2.86. The fraction of sp³-hybridized carbons (Fsp3) is 0.250. The Morgan fingerprint density at radius 2 is 2.22 bits per heavy atom. The molecule has 0 unspecified atom stereocenters. The highest BCUT2D eigenvalue weighted by atomic mass is 16.6. The maximum absolute atomic E-state index is 11.0. The molecule has 2 rings (SSSR count). The van der Waals surface area contributed by atoms with Crippen molar-refractivity contribution in [3.05, 3.63) is 51.8 Å². The van der Waals surface area contributed by atoms with Gasteiger partial charge in [0, 0.05) is 24.4 Å². The molecule has 1 heterocycles. The maximum atomic E-state index is 11.0. The monoisotopic (exact) mass is 246 g/mol. The van der Waals surface area contributed by atoms with E-state index in [-0.39, 0.29) is 10.6 Å². The molecule has 0 aliphatic rings. The Hall–Kier alpha value is -2.21. The van der Waals surface area contributed by atoms with Gasteiger partial charge in [-0.15, -0.1) is 0 Å². The van der Waals surface area contributed by atoms with Gasteiger partial charge in [0.05, 0.1) is 16.3 Å². The van der Waals surface area contributed by atoms with Gasteiger partial charge in [-0.25, -0.2) is 4.68 Å². The molecule has 18 heavy (non-hydrogen) atoms. The van der Waals surface area contributed by atoms with Crippen molar-refractivity contribution in [2.24, 2.45) is 5.73 Å². The summed E-state index contributed by atoms with van der Waals surface area (Å²) in [4.78, 5) is 10.6. The van der Waals surface area contributed by atoms with Crippen LogP contribution in [0.1, 0.15) is 18.2 Å². The lowest BCUT2D eigenvalue weighted by Crippen LogP contribution is -2.02. The van der Waals surface area contributed by atoms with E-state index in [2.05, 4.69) is 5.10 Å². The summed E-state index contributed by atoms with van der Waals surface area (Å²) in [6.07, 6.45) is 2.37. The number of aryl methyl sites for hydroxylation is 1. The lowest BCUT2D eigenvalue weighted by Gasteiger charge is -2.04. The van der Waals surface area contributed by atoms with E-state index in [1.807, 2.05) is 13.0 Å². The number of nitrogens with two attached hydrogens (primary N) is 1. The smallest absolute Gasteiger partial charge is 0.274 e. The fourth-order valence-electron chi connectivity index (χ4n) is 1.78. The Bertz CT molecular complexity index is 577. The van der Waals surface area contributed by atoms with Gasteiger partial charge in [0.15, 0.2) is 0 Å². The first kappa shape index (κ1) is 12.3. The molecule has 0 bridgehead atoms. The number of nitro benzene ring substituents is 1. The number of nitro groups is 1. The number of hydrogen-bond acceptors (Lipinski definition) is 4. The van der Waals surface area contributed by atoms with Crippen LogP contribution < -0.4 is 5.73 Å². The second kappa shape index (κ2) is 4.97. The predicted molar refractivity (Wildman–Crippen MR) is 67.5 cm³/mol. The summed E-state index contributed by atoms with van der Waals surface area (Å²) in [5, 5.41) is 15.2. The third-order valence-corrected chi connectivity index (χ3v) is 2.76. The minimum atomic E-state index is -0.365. The van der Waals surface area contributed by atoms with Crippen LogP contribution in [-0.4, -0.2) is 14.7 Å². The van der Waals surface area contributed by atoms with E-state index < -0.39 is 0 Å². The van der Waals surface area contributed by atoms with Gasteiger partial charge in [0.2, 0.25) is 0 Å². The summed E-state index contributed by atoms with van der Waals surface area (Å²) in [6.45, 7) is 2.24. The molecular formula is C12H14N4O2. The van der Waals surface area contributed by atoms with Crippen LogP contribution in [0.2, 0.25) is 0 Å². The Morgan fingerprint density at radius 3 is 2.78 bits per heavy atom. The molecule has 0 aliphatic carbocycles. The molecule has 2 aromatic rings. The number of aromatic nitrogens is 2. The Balaban J connectivity index is 2.46. The summed E-state index contributed by atoms with van der Waals surface area (Å²) in [6, 6.07) is 6.90. The van der Waals surface area contributed by atoms with Crippen LogP contribution in [0.5, 0.6) is 0 Å². The van der Waals surface area contributed by atoms with Crippen molar-refractivity contribution in [2.75, 3.05) is 0 Å². The predicted octanol–water partition coefficient (Wildman–Crippen LogP) is 1.80. The van der Waals surface area contributed by atoms with Crippen LogP contribution in [0.15, 0.2) is 30.5 Å². The van der Waals surface area contributed by atoms with Gasteiger partial charge in [-0.05, 0) is 18.6 Å². The standard InChI is InChI=1S/C12H14N4O2/c1-2-9-3-4-11(7-12(9)16(17)18)15-6-5-10(8-13)14-15/h3-7H,2,8,13H2,1H3. The minimum Gasteiger partial charge on any atom is -0.325 e. The molecule has 1 aromatic heterocycles. The number of rotatable bonds is 4. The quantitative estimate of drug-likeness (QED) is 0.658. The van der Waals surface area contributed by atoms with Crippen molar-refractivity contribution in [3.63, 3.8) is 0 Å². The Labute approximate surface area is 104 Å². The van der Waals surface area contributed by atoms with Gasteiger partial charge in [-0.3, -0.25) is 10.1 Å². The third-order valence-electron chi connectivity index (χ3n) is 2.76. The lowest BCUT2D eigenvalue weighted by molar-refractivity contribution is -0.385. The molecule has 0 spiro atoms. The zero-order valence-corrected chi connectivity index (χ0v) is 10.0. The zero-order chi connectivity index (χ0) is 13.1. The Morgan fingerprint density at radius 1 is 1.44 bits per heavy atom. The van der Waals surface area contributed by atoms with Crippen LogP contribution >= 0.6 is 0 Å². The van der Waals surface area contributed by atoms with Crippen LogP contribution in [0, 0.1) is 10.1 Å². The molecule has 0 radical (unpaired) electrons. The van der Waals surface area contributed by atoms with Crippen molar-refractivity contribution < 1.29 is 4.92 Å². The molecule has 94 valence electrons. The van der Waals surface area contributed by atoms with Crippen LogP contribution in [0.3, 0.4) is 0 Å². The molecule has 6 nitrogen and oxygen atoms in total. The second-order valence-electron chi connectivity index (χ2n) is 3.88. The molecular weight excluding hydrogens is 232 g/mol. The van der Waals surface area contributed by atoms with Gasteiger partial charge < -0.3 is 5.73 Å². The SMILES string of the molecule is CCc1ccc(-n2ccc(CN)n2)cc1[N+](=O)[O-]. The number of benzene rings is 1. The minimum absolute atomic E-state index is 0.125. The highest BCUT2D eigenvalue weighted by molar-refractivity contribution is 5.49. The summed E-state index contributed by atoms with van der Waals surface area (Å²) < 4.78 is 1.59. The lowest BCUT2D eigenvalue weighted by atomic mass is 10.1. The highest BCUT2D eigenvalue weighted by Gasteiger charge is 2.14. The molecule has 0 amide bonds. The van der Waals surface area contributed by atoms with E-state index in [4.69, 9.17) is 5.73 Å². The van der Waals surface area contributed by atoms with Crippen molar-refractivity contribution >= 4 is 5.69 Å². The molecule has 6 heteroatoms. The topological polar surface area (TPSA) is 87.0 Å². The van der Waals surface area contributed by atoms with Crippen LogP contribution in [0.4, 0.5) is 5.69 Å². The van der Waals surface area contributed by atoms with Gasteiger partial charge in [0.1, 0.15) is 0 Å². The first-order valence-electron chi connectivity index (χ1n) is 5.68. The van der Waals surface area contributed by atoms with Gasteiger partial charge in [-0.2, -0.15) is 5.10 Å².